The van der Waals surface area contributed by atoms with Crippen LogP contribution in [0, 0.1) is 11.3 Å². The molecule has 4 aliphatic carbocycles. The molecule has 0 spiro atoms. The summed E-state index contributed by atoms with van der Waals surface area (Å²) in [5.74, 6) is 0.170. The molecule has 0 saturated heterocycles. The second-order valence-corrected chi connectivity index (χ2v) is 10.6. The molecule has 4 rings (SSSR count). The van der Waals surface area contributed by atoms with E-state index in [2.05, 4.69) is 38.7 Å². The molecule has 5 nitrogen and oxygen atoms in total. The lowest BCUT2D eigenvalue weighted by Gasteiger charge is -2.42. The molecule has 1 unspecified atom stereocenters. The molecule has 0 radical (unpaired) electrons. The zero-order valence-electron chi connectivity index (χ0n) is 20.2. The highest BCUT2D eigenvalue weighted by atomic mass is 16.6. The maximum absolute atomic E-state index is 12.2. The zero-order valence-corrected chi connectivity index (χ0v) is 20.2. The molecule has 5 atom stereocenters. The quantitative estimate of drug-likeness (QED) is 0.437. The Hall–Kier alpha value is -1.69. The lowest BCUT2D eigenvalue weighted by Crippen LogP contribution is -2.35. The van der Waals surface area contributed by atoms with Gasteiger partial charge in [0.05, 0.1) is 18.3 Å². The number of hydrogen-bond donors (Lipinski definition) is 2. The number of fused-ring (bicyclic) bond motifs is 1. The SMILES string of the molecule is C=C1/C(=C\C=C2/CCC[C@]3(C)C(C(C)OCC(=O)OC4CCCC4)=CC[C@@H]23)C[C@@H](O)C[C@@H]1O. The molecule has 0 amide bonds. The van der Waals surface area contributed by atoms with Crippen LogP contribution in [-0.2, 0) is 14.3 Å². The van der Waals surface area contributed by atoms with Gasteiger partial charge >= 0.3 is 5.97 Å². The van der Waals surface area contributed by atoms with Crippen LogP contribution in [-0.4, -0.2) is 47.2 Å². The summed E-state index contributed by atoms with van der Waals surface area (Å²) in [7, 11) is 0. The molecular formula is C28H40O5. The predicted molar refractivity (Wildman–Crippen MR) is 128 cm³/mol. The van der Waals surface area contributed by atoms with Crippen molar-refractivity contribution in [2.75, 3.05) is 6.61 Å². The Morgan fingerprint density at radius 3 is 2.79 bits per heavy atom. The van der Waals surface area contributed by atoms with Crippen molar-refractivity contribution in [3.63, 3.8) is 0 Å². The van der Waals surface area contributed by atoms with Crippen molar-refractivity contribution < 1.29 is 24.5 Å². The Bertz CT molecular complexity index is 846. The highest BCUT2D eigenvalue weighted by molar-refractivity contribution is 5.71. The number of hydrogen-bond acceptors (Lipinski definition) is 5. The highest BCUT2D eigenvalue weighted by Gasteiger charge is 2.46. The molecule has 3 saturated carbocycles. The van der Waals surface area contributed by atoms with Gasteiger partial charge in [-0.15, -0.1) is 0 Å². The molecule has 0 aromatic carbocycles. The number of carbonyl (C=O) groups is 1. The number of aliphatic hydroxyl groups excluding tert-OH is 2. The van der Waals surface area contributed by atoms with Crippen LogP contribution in [0.1, 0.15) is 78.1 Å². The lowest BCUT2D eigenvalue weighted by atomic mass is 9.63. The molecule has 4 aliphatic rings. The van der Waals surface area contributed by atoms with E-state index in [1.54, 1.807) is 0 Å². The molecule has 0 heterocycles. The molecule has 5 heteroatoms. The van der Waals surface area contributed by atoms with Gasteiger partial charge in [-0.25, -0.2) is 4.79 Å². The molecule has 0 aromatic rings. The molecule has 3 fully saturated rings. The van der Waals surface area contributed by atoms with Crippen molar-refractivity contribution in [3.8, 4) is 0 Å². The number of allylic oxidation sites excluding steroid dienone is 4. The monoisotopic (exact) mass is 456 g/mol. The average molecular weight is 457 g/mol. The molecule has 0 aromatic heterocycles. The zero-order chi connectivity index (χ0) is 23.6. The molecule has 0 bridgehead atoms. The van der Waals surface area contributed by atoms with Gasteiger partial charge in [0.1, 0.15) is 12.7 Å². The Morgan fingerprint density at radius 2 is 2.03 bits per heavy atom. The van der Waals surface area contributed by atoms with Gasteiger partial charge < -0.3 is 19.7 Å². The van der Waals surface area contributed by atoms with Gasteiger partial charge in [-0.1, -0.05) is 37.3 Å². The van der Waals surface area contributed by atoms with Crippen LogP contribution >= 0.6 is 0 Å². The summed E-state index contributed by atoms with van der Waals surface area (Å²) in [6, 6.07) is 0. The fourth-order valence-electron chi connectivity index (χ4n) is 6.46. The molecule has 2 N–H and O–H groups in total. The predicted octanol–water partition coefficient (Wildman–Crippen LogP) is 4.94. The normalized spacial score (nSPS) is 36.2. The first-order valence-corrected chi connectivity index (χ1v) is 12.7. The van der Waals surface area contributed by atoms with Gasteiger partial charge in [0.15, 0.2) is 0 Å². The van der Waals surface area contributed by atoms with Gasteiger partial charge in [0, 0.05) is 6.42 Å². The topological polar surface area (TPSA) is 76.0 Å². The molecule has 33 heavy (non-hydrogen) atoms. The van der Waals surface area contributed by atoms with E-state index in [4.69, 9.17) is 9.47 Å². The van der Waals surface area contributed by atoms with Crippen molar-refractivity contribution >= 4 is 5.97 Å². The van der Waals surface area contributed by atoms with E-state index >= 15 is 0 Å². The van der Waals surface area contributed by atoms with Crippen molar-refractivity contribution in [1.82, 2.24) is 0 Å². The van der Waals surface area contributed by atoms with Crippen molar-refractivity contribution in [2.45, 2.75) is 102 Å². The minimum atomic E-state index is -0.659. The van der Waals surface area contributed by atoms with Crippen LogP contribution in [0.2, 0.25) is 0 Å². The van der Waals surface area contributed by atoms with Gasteiger partial charge in [-0.3, -0.25) is 0 Å². The van der Waals surface area contributed by atoms with Crippen LogP contribution in [0.15, 0.2) is 47.1 Å². The summed E-state index contributed by atoms with van der Waals surface area (Å²) in [6.07, 6.45) is 14.8. The minimum Gasteiger partial charge on any atom is -0.461 e. The second-order valence-electron chi connectivity index (χ2n) is 10.6. The number of aliphatic hydroxyl groups is 2. The van der Waals surface area contributed by atoms with Gasteiger partial charge in [0.25, 0.3) is 0 Å². The number of carbonyl (C=O) groups excluding carboxylic acids is 1. The summed E-state index contributed by atoms with van der Waals surface area (Å²) in [4.78, 5) is 12.2. The molecular weight excluding hydrogens is 416 g/mol. The van der Waals surface area contributed by atoms with Crippen LogP contribution in [0.25, 0.3) is 0 Å². The summed E-state index contributed by atoms with van der Waals surface area (Å²) in [5.41, 5.74) is 4.42. The maximum Gasteiger partial charge on any atom is 0.332 e. The Labute approximate surface area is 198 Å². The Morgan fingerprint density at radius 1 is 1.27 bits per heavy atom. The van der Waals surface area contributed by atoms with Gasteiger partial charge in [-0.2, -0.15) is 0 Å². The van der Waals surface area contributed by atoms with Crippen LogP contribution < -0.4 is 0 Å². The third-order valence-electron chi connectivity index (χ3n) is 8.36. The number of rotatable bonds is 6. The van der Waals surface area contributed by atoms with Gasteiger partial charge in [0.2, 0.25) is 0 Å². The van der Waals surface area contributed by atoms with Crippen molar-refractivity contribution in [3.05, 3.63) is 47.1 Å². The van der Waals surface area contributed by atoms with E-state index in [0.29, 0.717) is 18.8 Å². The van der Waals surface area contributed by atoms with E-state index in [0.717, 1.165) is 62.5 Å². The van der Waals surface area contributed by atoms with E-state index in [1.165, 1.54) is 11.1 Å². The smallest absolute Gasteiger partial charge is 0.332 e. The Kier molecular flexibility index (Phi) is 7.62. The average Bonchev–Trinajstić information content (AvgIpc) is 3.40. The molecule has 0 aliphatic heterocycles. The number of esters is 1. The van der Waals surface area contributed by atoms with E-state index in [9.17, 15) is 15.0 Å². The fourth-order valence-corrected chi connectivity index (χ4v) is 6.46. The maximum atomic E-state index is 12.2. The third-order valence-corrected chi connectivity index (χ3v) is 8.36. The highest BCUT2D eigenvalue weighted by Crippen LogP contribution is 2.55. The van der Waals surface area contributed by atoms with E-state index in [1.807, 2.05) is 0 Å². The summed E-state index contributed by atoms with van der Waals surface area (Å²) in [5, 5.41) is 20.2. The van der Waals surface area contributed by atoms with Crippen LogP contribution in [0.4, 0.5) is 0 Å². The van der Waals surface area contributed by atoms with Crippen LogP contribution in [0.3, 0.4) is 0 Å². The van der Waals surface area contributed by atoms with E-state index < -0.39 is 12.2 Å². The fraction of sp³-hybridized carbons (Fsp3) is 0.679. The van der Waals surface area contributed by atoms with E-state index in [-0.39, 0.29) is 30.2 Å². The van der Waals surface area contributed by atoms with Crippen molar-refractivity contribution in [1.29, 1.82) is 0 Å². The minimum absolute atomic E-state index is 0.0112. The lowest BCUT2D eigenvalue weighted by molar-refractivity contribution is -0.155. The van der Waals surface area contributed by atoms with Crippen molar-refractivity contribution in [2.24, 2.45) is 11.3 Å². The summed E-state index contributed by atoms with van der Waals surface area (Å²) in [6.45, 7) is 8.43. The number of ether oxygens (including phenoxy) is 2. The first kappa shape index (κ1) is 24.4. The Balaban J connectivity index is 1.39. The summed E-state index contributed by atoms with van der Waals surface area (Å²) >= 11 is 0. The van der Waals surface area contributed by atoms with Crippen LogP contribution in [0.5, 0.6) is 0 Å². The third kappa shape index (κ3) is 5.36. The van der Waals surface area contributed by atoms with Gasteiger partial charge in [-0.05, 0) is 92.8 Å². The molecule has 182 valence electrons. The summed E-state index contributed by atoms with van der Waals surface area (Å²) < 4.78 is 11.5. The first-order chi connectivity index (χ1) is 15.8. The standard InChI is InChI=1S/C28H40O5/c1-18-21(15-22(29)16-26(18)30)11-10-20-7-6-14-28(3)24(12-13-25(20)28)19(2)32-17-27(31)33-23-8-4-5-9-23/h10-12,19,22-23,25-26,29-30H,1,4-9,13-17H2,2-3H3/b20-10+,21-11-/t19?,22-,25+,26+,28-/m1/s1. The second kappa shape index (κ2) is 10.3. The first-order valence-electron chi connectivity index (χ1n) is 12.7. The largest absolute Gasteiger partial charge is 0.461 e.